The van der Waals surface area contributed by atoms with E-state index in [1.54, 1.807) is 6.07 Å². The van der Waals surface area contributed by atoms with Gasteiger partial charge in [-0.2, -0.15) is 0 Å². The van der Waals surface area contributed by atoms with Crippen LogP contribution in [0.5, 0.6) is 0 Å². The van der Waals surface area contributed by atoms with Crippen molar-refractivity contribution in [1.82, 2.24) is 4.47 Å². The van der Waals surface area contributed by atoms with E-state index in [9.17, 15) is 18.3 Å². The summed E-state index contributed by atoms with van der Waals surface area (Å²) in [4.78, 5) is 16.9. The van der Waals surface area contributed by atoms with Gasteiger partial charge in [0.25, 0.3) is 10.0 Å². The predicted octanol–water partition coefficient (Wildman–Crippen LogP) is 0.824. The molecular formula is C15H17NO6S. The van der Waals surface area contributed by atoms with Gasteiger partial charge in [0.2, 0.25) is 0 Å². The van der Waals surface area contributed by atoms with Crippen molar-refractivity contribution in [3.63, 3.8) is 0 Å². The highest BCUT2D eigenvalue weighted by molar-refractivity contribution is 7.89. The van der Waals surface area contributed by atoms with Crippen LogP contribution < -0.4 is 0 Å². The van der Waals surface area contributed by atoms with E-state index in [2.05, 4.69) is 0 Å². The van der Waals surface area contributed by atoms with Crippen molar-refractivity contribution in [2.45, 2.75) is 30.3 Å². The standard InChI is InChI=1S/C15H17NO6S/c17-15(18)10-4-9-2-1-3-12(9)14(5-10)23(19,20)16-6-11-7-21-8-13(11)22-16/h4-5,11,13H,1-3,6-8H2,(H,17,18)/t11-,13+/m1/s1. The summed E-state index contributed by atoms with van der Waals surface area (Å²) in [5, 5.41) is 9.25. The summed E-state index contributed by atoms with van der Waals surface area (Å²) in [6.45, 7) is 1.13. The zero-order chi connectivity index (χ0) is 16.2. The van der Waals surface area contributed by atoms with Crippen LogP contribution in [-0.2, 0) is 32.4 Å². The first-order chi connectivity index (χ1) is 11.0. The minimum Gasteiger partial charge on any atom is -0.478 e. The number of ether oxygens (including phenoxy) is 1. The van der Waals surface area contributed by atoms with Gasteiger partial charge in [-0.1, -0.05) is 4.47 Å². The Kier molecular flexibility index (Phi) is 3.45. The molecule has 1 aliphatic carbocycles. The third kappa shape index (κ3) is 2.37. The first kappa shape index (κ1) is 15.1. The Labute approximate surface area is 133 Å². The second kappa shape index (κ2) is 5.27. The normalized spacial score (nSPS) is 27.1. The summed E-state index contributed by atoms with van der Waals surface area (Å²) in [7, 11) is -3.87. The molecule has 0 amide bonds. The molecule has 0 aromatic heterocycles. The molecule has 0 radical (unpaired) electrons. The number of carbonyl (C=O) groups is 1. The molecule has 124 valence electrons. The highest BCUT2D eigenvalue weighted by Crippen LogP contribution is 2.35. The molecule has 2 saturated heterocycles. The molecule has 1 aromatic rings. The highest BCUT2D eigenvalue weighted by Gasteiger charge is 2.45. The Balaban J connectivity index is 1.76. The summed E-state index contributed by atoms with van der Waals surface area (Å²) in [5.41, 5.74) is 1.55. The number of hydrogen-bond donors (Lipinski definition) is 1. The Hall–Kier alpha value is -1.48. The lowest BCUT2D eigenvalue weighted by Gasteiger charge is -2.19. The molecule has 0 saturated carbocycles. The van der Waals surface area contributed by atoms with E-state index in [0.717, 1.165) is 22.0 Å². The number of aryl methyl sites for hydroxylation is 1. The molecule has 8 heteroatoms. The van der Waals surface area contributed by atoms with Gasteiger partial charge in [-0.15, -0.1) is 0 Å². The molecule has 0 bridgehead atoms. The van der Waals surface area contributed by atoms with Crippen LogP contribution in [0.1, 0.15) is 27.9 Å². The number of nitrogens with zero attached hydrogens (tertiary/aromatic N) is 1. The Morgan fingerprint density at radius 3 is 2.83 bits per heavy atom. The summed E-state index contributed by atoms with van der Waals surface area (Å²) >= 11 is 0. The summed E-state index contributed by atoms with van der Waals surface area (Å²) in [6.07, 6.45) is 1.95. The SMILES string of the molecule is O=C(O)c1cc2c(c(S(=O)(=O)N3C[C@@H]4COC[C@@H]4O3)c1)CCC2. The molecule has 1 N–H and O–H groups in total. The van der Waals surface area contributed by atoms with Gasteiger partial charge in [-0.25, -0.2) is 13.2 Å². The topological polar surface area (TPSA) is 93.1 Å². The summed E-state index contributed by atoms with van der Waals surface area (Å²) in [5.74, 6) is -1.08. The molecule has 0 unspecified atom stereocenters. The quantitative estimate of drug-likeness (QED) is 0.876. The summed E-state index contributed by atoms with van der Waals surface area (Å²) < 4.78 is 32.2. The van der Waals surface area contributed by atoms with Gasteiger partial charge >= 0.3 is 5.97 Å². The van der Waals surface area contributed by atoms with E-state index in [0.29, 0.717) is 26.1 Å². The smallest absolute Gasteiger partial charge is 0.335 e. The number of benzene rings is 1. The van der Waals surface area contributed by atoms with Crippen molar-refractivity contribution >= 4 is 16.0 Å². The van der Waals surface area contributed by atoms with E-state index >= 15 is 0 Å². The molecule has 4 rings (SSSR count). The molecule has 2 heterocycles. The van der Waals surface area contributed by atoms with Crippen LogP contribution >= 0.6 is 0 Å². The molecule has 0 spiro atoms. The van der Waals surface area contributed by atoms with E-state index in [1.165, 1.54) is 6.07 Å². The maximum atomic E-state index is 13.0. The fourth-order valence-corrected chi connectivity index (χ4v) is 5.19. The first-order valence-corrected chi connectivity index (χ1v) is 9.07. The van der Waals surface area contributed by atoms with E-state index < -0.39 is 16.0 Å². The van der Waals surface area contributed by atoms with Gasteiger partial charge in [-0.3, -0.25) is 4.84 Å². The average Bonchev–Trinajstić information content (AvgIpc) is 3.20. The number of aromatic carboxylic acids is 1. The number of sulfonamides is 1. The van der Waals surface area contributed by atoms with Gasteiger partial charge in [-0.05, 0) is 42.5 Å². The largest absolute Gasteiger partial charge is 0.478 e. The van der Waals surface area contributed by atoms with Crippen molar-refractivity contribution in [2.24, 2.45) is 5.92 Å². The third-order valence-corrected chi connectivity index (χ3v) is 6.43. The second-order valence-corrected chi connectivity index (χ2v) is 8.00. The number of hydroxylamine groups is 1. The molecule has 2 fully saturated rings. The van der Waals surface area contributed by atoms with Crippen LogP contribution in [0.3, 0.4) is 0 Å². The average molecular weight is 339 g/mol. The Morgan fingerprint density at radius 2 is 2.09 bits per heavy atom. The lowest BCUT2D eigenvalue weighted by atomic mass is 10.1. The third-order valence-electron chi connectivity index (χ3n) is 4.74. The first-order valence-electron chi connectivity index (χ1n) is 7.63. The molecule has 2 atom stereocenters. The predicted molar refractivity (Wildman–Crippen MR) is 78.5 cm³/mol. The van der Waals surface area contributed by atoms with Crippen LogP contribution in [0.25, 0.3) is 0 Å². The van der Waals surface area contributed by atoms with E-state index in [1.807, 2.05) is 0 Å². The van der Waals surface area contributed by atoms with E-state index in [4.69, 9.17) is 9.57 Å². The van der Waals surface area contributed by atoms with Crippen LogP contribution in [0, 0.1) is 5.92 Å². The molecule has 3 aliphatic rings. The van der Waals surface area contributed by atoms with Gasteiger partial charge < -0.3 is 9.84 Å². The van der Waals surface area contributed by atoms with Crippen molar-refractivity contribution in [3.8, 4) is 0 Å². The number of carboxylic acid groups (broad SMARTS) is 1. The zero-order valence-electron chi connectivity index (χ0n) is 12.4. The molecular weight excluding hydrogens is 322 g/mol. The van der Waals surface area contributed by atoms with Crippen molar-refractivity contribution in [1.29, 1.82) is 0 Å². The minimum absolute atomic E-state index is 0.00643. The molecule has 2 aliphatic heterocycles. The fraction of sp³-hybridized carbons (Fsp3) is 0.533. The van der Waals surface area contributed by atoms with Gasteiger partial charge in [0, 0.05) is 12.5 Å². The monoisotopic (exact) mass is 339 g/mol. The van der Waals surface area contributed by atoms with E-state index in [-0.39, 0.29) is 29.0 Å². The van der Waals surface area contributed by atoms with Crippen LogP contribution in [-0.4, -0.2) is 49.8 Å². The Morgan fingerprint density at radius 1 is 1.26 bits per heavy atom. The van der Waals surface area contributed by atoms with Crippen molar-refractivity contribution in [3.05, 3.63) is 28.8 Å². The summed E-state index contributed by atoms with van der Waals surface area (Å²) in [6, 6.07) is 2.84. The van der Waals surface area contributed by atoms with Crippen LogP contribution in [0.15, 0.2) is 17.0 Å². The molecule has 23 heavy (non-hydrogen) atoms. The number of rotatable bonds is 3. The number of carboxylic acids is 1. The van der Waals surface area contributed by atoms with Gasteiger partial charge in [0.1, 0.15) is 6.10 Å². The van der Waals surface area contributed by atoms with Crippen molar-refractivity contribution in [2.75, 3.05) is 19.8 Å². The minimum atomic E-state index is -3.87. The van der Waals surface area contributed by atoms with Crippen LogP contribution in [0.2, 0.25) is 0 Å². The lowest BCUT2D eigenvalue weighted by molar-refractivity contribution is -0.0866. The lowest BCUT2D eigenvalue weighted by Crippen LogP contribution is -2.30. The highest BCUT2D eigenvalue weighted by atomic mass is 32.2. The Bertz CT molecular complexity index is 762. The molecule has 7 nitrogen and oxygen atoms in total. The number of fused-ring (bicyclic) bond motifs is 2. The van der Waals surface area contributed by atoms with Gasteiger partial charge in [0.05, 0.1) is 23.7 Å². The second-order valence-electron chi connectivity index (χ2n) is 6.20. The van der Waals surface area contributed by atoms with Crippen LogP contribution in [0.4, 0.5) is 0 Å². The number of hydrogen-bond acceptors (Lipinski definition) is 5. The van der Waals surface area contributed by atoms with Gasteiger partial charge in [0.15, 0.2) is 0 Å². The maximum absolute atomic E-state index is 13.0. The zero-order valence-corrected chi connectivity index (χ0v) is 13.2. The molecule has 1 aromatic carbocycles. The maximum Gasteiger partial charge on any atom is 0.335 e. The van der Waals surface area contributed by atoms with Crippen molar-refractivity contribution < 1.29 is 27.9 Å². The fourth-order valence-electron chi connectivity index (χ4n) is 3.53.